The quantitative estimate of drug-likeness (QED) is 0.867. The first kappa shape index (κ1) is 17.7. The van der Waals surface area contributed by atoms with Gasteiger partial charge in [-0.15, -0.1) is 0 Å². The Morgan fingerprint density at radius 2 is 1.71 bits per heavy atom. The van der Waals surface area contributed by atoms with Gasteiger partial charge in [-0.2, -0.15) is 0 Å². The van der Waals surface area contributed by atoms with Gasteiger partial charge in [0, 0.05) is 11.8 Å². The molecule has 0 spiro atoms. The van der Waals surface area contributed by atoms with E-state index in [-0.39, 0.29) is 28.9 Å². The maximum Gasteiger partial charge on any atom is 0.234 e. The van der Waals surface area contributed by atoms with Crippen LogP contribution in [0.2, 0.25) is 0 Å². The van der Waals surface area contributed by atoms with Crippen LogP contribution in [-0.4, -0.2) is 32.7 Å². The van der Waals surface area contributed by atoms with Crippen molar-refractivity contribution < 1.29 is 13.2 Å². The van der Waals surface area contributed by atoms with Gasteiger partial charge in [0.2, 0.25) is 5.91 Å². The standard InChI is InChI=1S/C15H24N2O3S/c1-11(17-14(18)10-16-15(2,3)4)12-6-8-13(9-7-12)21(5,19)20/h6-9,11,16H,10H2,1-5H3,(H,17,18). The highest BCUT2D eigenvalue weighted by atomic mass is 32.2. The lowest BCUT2D eigenvalue weighted by atomic mass is 10.1. The predicted molar refractivity (Wildman–Crippen MR) is 83.9 cm³/mol. The minimum Gasteiger partial charge on any atom is -0.348 e. The van der Waals surface area contributed by atoms with Gasteiger partial charge < -0.3 is 10.6 Å². The lowest BCUT2D eigenvalue weighted by molar-refractivity contribution is -0.121. The highest BCUT2D eigenvalue weighted by Gasteiger charge is 2.14. The normalized spacial score (nSPS) is 13.8. The number of benzene rings is 1. The molecule has 6 heteroatoms. The molecule has 1 aromatic carbocycles. The molecule has 1 aromatic rings. The minimum atomic E-state index is -3.19. The second-order valence-corrected chi connectivity index (χ2v) is 8.25. The highest BCUT2D eigenvalue weighted by molar-refractivity contribution is 7.90. The van der Waals surface area contributed by atoms with Crippen molar-refractivity contribution in [3.63, 3.8) is 0 Å². The lowest BCUT2D eigenvalue weighted by Crippen LogP contribution is -2.43. The van der Waals surface area contributed by atoms with E-state index in [2.05, 4.69) is 10.6 Å². The van der Waals surface area contributed by atoms with Crippen molar-refractivity contribution in [2.24, 2.45) is 0 Å². The molecule has 0 saturated heterocycles. The van der Waals surface area contributed by atoms with Crippen molar-refractivity contribution in [2.75, 3.05) is 12.8 Å². The van der Waals surface area contributed by atoms with E-state index in [1.54, 1.807) is 24.3 Å². The molecule has 0 aromatic heterocycles. The minimum absolute atomic E-state index is 0.0929. The largest absolute Gasteiger partial charge is 0.348 e. The number of rotatable bonds is 5. The number of amides is 1. The molecule has 0 aliphatic carbocycles. The van der Waals surface area contributed by atoms with Gasteiger partial charge in [-0.3, -0.25) is 4.79 Å². The molecule has 0 aliphatic rings. The topological polar surface area (TPSA) is 75.3 Å². The summed E-state index contributed by atoms with van der Waals surface area (Å²) < 4.78 is 22.8. The van der Waals surface area contributed by atoms with Gasteiger partial charge >= 0.3 is 0 Å². The van der Waals surface area contributed by atoms with Gasteiger partial charge in [0.15, 0.2) is 9.84 Å². The monoisotopic (exact) mass is 312 g/mol. The third kappa shape index (κ3) is 6.27. The molecule has 0 radical (unpaired) electrons. The first-order chi connectivity index (χ1) is 9.49. The van der Waals surface area contributed by atoms with Gasteiger partial charge in [-0.05, 0) is 45.4 Å². The van der Waals surface area contributed by atoms with Gasteiger partial charge in [-0.25, -0.2) is 8.42 Å². The number of sulfone groups is 1. The van der Waals surface area contributed by atoms with Crippen LogP contribution in [0.5, 0.6) is 0 Å². The number of carbonyl (C=O) groups excluding carboxylic acids is 1. The first-order valence-electron chi connectivity index (χ1n) is 6.83. The van der Waals surface area contributed by atoms with Crippen LogP contribution in [0.25, 0.3) is 0 Å². The van der Waals surface area contributed by atoms with Crippen LogP contribution in [-0.2, 0) is 14.6 Å². The van der Waals surface area contributed by atoms with Crippen molar-refractivity contribution >= 4 is 15.7 Å². The van der Waals surface area contributed by atoms with E-state index < -0.39 is 9.84 Å². The average Bonchev–Trinajstić information content (AvgIpc) is 2.34. The smallest absolute Gasteiger partial charge is 0.234 e. The Morgan fingerprint density at radius 1 is 1.19 bits per heavy atom. The molecule has 0 aliphatic heterocycles. The van der Waals surface area contributed by atoms with Crippen LogP contribution < -0.4 is 10.6 Å². The zero-order valence-corrected chi connectivity index (χ0v) is 14.0. The van der Waals surface area contributed by atoms with Crippen LogP contribution in [0.1, 0.15) is 39.3 Å². The fourth-order valence-corrected chi connectivity index (χ4v) is 2.36. The van der Waals surface area contributed by atoms with Crippen molar-refractivity contribution in [3.8, 4) is 0 Å². The van der Waals surface area contributed by atoms with Gasteiger partial charge in [0.25, 0.3) is 0 Å². The number of nitrogens with one attached hydrogen (secondary N) is 2. The fourth-order valence-electron chi connectivity index (χ4n) is 1.72. The Balaban J connectivity index is 2.64. The first-order valence-corrected chi connectivity index (χ1v) is 8.72. The zero-order chi connectivity index (χ0) is 16.3. The number of carbonyl (C=O) groups is 1. The maximum absolute atomic E-state index is 11.8. The summed E-state index contributed by atoms with van der Waals surface area (Å²) >= 11 is 0. The molecule has 1 atom stereocenters. The molecule has 1 unspecified atom stereocenters. The van der Waals surface area contributed by atoms with Crippen molar-refractivity contribution in [2.45, 2.75) is 44.2 Å². The van der Waals surface area contributed by atoms with Crippen LogP contribution in [0.4, 0.5) is 0 Å². The Bertz CT molecular complexity index is 586. The van der Waals surface area contributed by atoms with Gasteiger partial charge in [0.05, 0.1) is 17.5 Å². The maximum atomic E-state index is 11.8. The molecule has 21 heavy (non-hydrogen) atoms. The third-order valence-corrected chi connectivity index (χ3v) is 4.09. The number of hydrogen-bond acceptors (Lipinski definition) is 4. The second-order valence-electron chi connectivity index (χ2n) is 6.23. The molecule has 1 rings (SSSR count). The van der Waals surface area contributed by atoms with Gasteiger partial charge in [0.1, 0.15) is 0 Å². The molecule has 0 heterocycles. The van der Waals surface area contributed by atoms with E-state index in [1.165, 1.54) is 6.26 Å². The summed E-state index contributed by atoms with van der Waals surface area (Å²) in [4.78, 5) is 12.1. The predicted octanol–water partition coefficient (Wildman–Crippen LogP) is 1.66. The highest BCUT2D eigenvalue weighted by Crippen LogP contribution is 2.16. The number of hydrogen-bond donors (Lipinski definition) is 2. The van der Waals surface area contributed by atoms with E-state index >= 15 is 0 Å². The van der Waals surface area contributed by atoms with Crippen molar-refractivity contribution in [1.82, 2.24) is 10.6 Å². The summed E-state index contributed by atoms with van der Waals surface area (Å²) in [6.45, 7) is 8.09. The summed E-state index contributed by atoms with van der Waals surface area (Å²) in [6, 6.07) is 6.38. The van der Waals surface area contributed by atoms with E-state index in [4.69, 9.17) is 0 Å². The van der Waals surface area contributed by atoms with Crippen LogP contribution in [0.15, 0.2) is 29.2 Å². The van der Waals surface area contributed by atoms with E-state index in [0.717, 1.165) is 5.56 Å². The molecule has 0 bridgehead atoms. The Labute approximate surface area is 127 Å². The van der Waals surface area contributed by atoms with Crippen LogP contribution in [0.3, 0.4) is 0 Å². The van der Waals surface area contributed by atoms with Gasteiger partial charge in [-0.1, -0.05) is 12.1 Å². The summed E-state index contributed by atoms with van der Waals surface area (Å²) in [5.74, 6) is -0.0929. The summed E-state index contributed by atoms with van der Waals surface area (Å²) in [5.41, 5.74) is 0.754. The van der Waals surface area contributed by atoms with Crippen LogP contribution in [0, 0.1) is 0 Å². The zero-order valence-electron chi connectivity index (χ0n) is 13.2. The molecule has 118 valence electrons. The van der Waals surface area contributed by atoms with Crippen molar-refractivity contribution in [1.29, 1.82) is 0 Å². The summed E-state index contributed by atoms with van der Waals surface area (Å²) in [6.07, 6.45) is 1.17. The van der Waals surface area contributed by atoms with Crippen LogP contribution >= 0.6 is 0 Å². The molecule has 0 saturated carbocycles. The van der Waals surface area contributed by atoms with Crippen molar-refractivity contribution in [3.05, 3.63) is 29.8 Å². The third-order valence-electron chi connectivity index (χ3n) is 2.97. The lowest BCUT2D eigenvalue weighted by Gasteiger charge is -2.21. The Morgan fingerprint density at radius 3 is 2.14 bits per heavy atom. The molecule has 5 nitrogen and oxygen atoms in total. The molecule has 0 fully saturated rings. The Kier molecular flexibility index (Phi) is 5.53. The fraction of sp³-hybridized carbons (Fsp3) is 0.533. The average molecular weight is 312 g/mol. The summed E-state index contributed by atoms with van der Waals surface area (Å²) in [7, 11) is -3.19. The summed E-state index contributed by atoms with van der Waals surface area (Å²) in [5, 5.41) is 5.99. The van der Waals surface area contributed by atoms with E-state index in [1.807, 2.05) is 27.7 Å². The molecule has 1 amide bonds. The van der Waals surface area contributed by atoms with E-state index in [9.17, 15) is 13.2 Å². The molecular formula is C15H24N2O3S. The molecular weight excluding hydrogens is 288 g/mol. The Hall–Kier alpha value is -1.40. The SMILES string of the molecule is CC(NC(=O)CNC(C)(C)C)c1ccc(S(C)(=O)=O)cc1. The second kappa shape index (κ2) is 6.58. The van der Waals surface area contributed by atoms with E-state index in [0.29, 0.717) is 0 Å². The molecule has 2 N–H and O–H groups in total.